The van der Waals surface area contributed by atoms with E-state index in [1.807, 2.05) is 11.8 Å². The van der Waals surface area contributed by atoms with E-state index in [1.165, 1.54) is 17.7 Å². The van der Waals surface area contributed by atoms with E-state index in [4.69, 9.17) is 0 Å². The average Bonchev–Trinajstić information content (AvgIpc) is 2.82. The lowest BCUT2D eigenvalue weighted by molar-refractivity contribution is 0.772. The van der Waals surface area contributed by atoms with Crippen molar-refractivity contribution in [2.24, 2.45) is 10.9 Å². The molecule has 80 valence electrons. The van der Waals surface area contributed by atoms with Crippen molar-refractivity contribution in [1.29, 1.82) is 0 Å². The molecule has 0 aromatic carbocycles. The molecule has 1 fully saturated rings. The molecule has 15 heavy (non-hydrogen) atoms. The Morgan fingerprint density at radius 2 is 2.40 bits per heavy atom. The summed E-state index contributed by atoms with van der Waals surface area (Å²) in [5.74, 6) is 0.958. The van der Waals surface area contributed by atoms with E-state index >= 15 is 0 Å². The van der Waals surface area contributed by atoms with Crippen molar-refractivity contribution in [2.75, 3.05) is 6.54 Å². The summed E-state index contributed by atoms with van der Waals surface area (Å²) >= 11 is 3.75. The highest BCUT2D eigenvalue weighted by atomic mass is 32.2. The number of nitrogens with zero attached hydrogens (tertiary/aromatic N) is 1. The standard InChI is InChI=1S/C11H14N2S2/c1-2-9(14-5-1)6-12-11-13-7-10(15-11)8-3-4-8/h1-2,5,8,10H,3-4,6-7H2,(H,12,13). The van der Waals surface area contributed by atoms with Crippen LogP contribution in [0.3, 0.4) is 0 Å². The second-order valence-corrected chi connectivity index (χ2v) is 6.33. The van der Waals surface area contributed by atoms with Gasteiger partial charge >= 0.3 is 0 Å². The topological polar surface area (TPSA) is 24.4 Å². The second-order valence-electron chi connectivity index (χ2n) is 4.07. The summed E-state index contributed by atoms with van der Waals surface area (Å²) in [5.41, 5.74) is 0. The van der Waals surface area contributed by atoms with Crippen molar-refractivity contribution in [1.82, 2.24) is 5.32 Å². The lowest BCUT2D eigenvalue weighted by Crippen LogP contribution is -2.18. The number of amidine groups is 1. The van der Waals surface area contributed by atoms with E-state index in [9.17, 15) is 0 Å². The van der Waals surface area contributed by atoms with E-state index in [0.717, 1.165) is 29.4 Å². The normalized spacial score (nSPS) is 25.3. The molecule has 3 rings (SSSR count). The summed E-state index contributed by atoms with van der Waals surface area (Å²) in [5, 5.41) is 7.47. The number of hydrogen-bond donors (Lipinski definition) is 1. The van der Waals surface area contributed by atoms with Crippen LogP contribution in [0, 0.1) is 5.92 Å². The fourth-order valence-electron chi connectivity index (χ4n) is 1.78. The van der Waals surface area contributed by atoms with Crippen LogP contribution < -0.4 is 5.32 Å². The second kappa shape index (κ2) is 4.18. The van der Waals surface area contributed by atoms with E-state index in [0.29, 0.717) is 0 Å². The Bertz CT molecular complexity index is 355. The number of nitrogens with one attached hydrogen (secondary N) is 1. The number of thioether (sulfide) groups is 1. The zero-order valence-corrected chi connectivity index (χ0v) is 10.1. The molecule has 1 aliphatic carbocycles. The van der Waals surface area contributed by atoms with Gasteiger partial charge in [-0.05, 0) is 30.2 Å². The SMILES string of the molecule is c1csc(CNC2=NCC(C3CC3)S2)c1. The Morgan fingerprint density at radius 3 is 3.13 bits per heavy atom. The van der Waals surface area contributed by atoms with E-state index < -0.39 is 0 Å². The summed E-state index contributed by atoms with van der Waals surface area (Å²) in [6.07, 6.45) is 2.84. The molecule has 0 amide bonds. The molecular formula is C11H14N2S2. The van der Waals surface area contributed by atoms with Gasteiger partial charge in [-0.1, -0.05) is 17.8 Å². The minimum absolute atomic E-state index is 0.774. The molecule has 1 aromatic heterocycles. The molecule has 0 radical (unpaired) electrons. The first-order valence-corrected chi connectivity index (χ1v) is 7.15. The largest absolute Gasteiger partial charge is 0.360 e. The molecule has 0 saturated heterocycles. The highest BCUT2D eigenvalue weighted by Gasteiger charge is 2.35. The van der Waals surface area contributed by atoms with Crippen LogP contribution in [0.15, 0.2) is 22.5 Å². The zero-order valence-electron chi connectivity index (χ0n) is 8.48. The van der Waals surface area contributed by atoms with Crippen molar-refractivity contribution in [3.8, 4) is 0 Å². The molecule has 0 bridgehead atoms. The molecule has 1 unspecified atom stereocenters. The Morgan fingerprint density at radius 1 is 1.47 bits per heavy atom. The van der Waals surface area contributed by atoms with E-state index in [2.05, 4.69) is 27.8 Å². The summed E-state index contributed by atoms with van der Waals surface area (Å²) in [4.78, 5) is 5.93. The van der Waals surface area contributed by atoms with Crippen molar-refractivity contribution < 1.29 is 0 Å². The Labute approximate surface area is 98.2 Å². The van der Waals surface area contributed by atoms with Crippen LogP contribution in [-0.2, 0) is 6.54 Å². The lowest BCUT2D eigenvalue weighted by atomic mass is 10.3. The van der Waals surface area contributed by atoms with Gasteiger partial charge in [-0.25, -0.2) is 0 Å². The summed E-state index contributed by atoms with van der Waals surface area (Å²) in [6, 6.07) is 4.26. The van der Waals surface area contributed by atoms with Crippen molar-refractivity contribution in [3.63, 3.8) is 0 Å². The third kappa shape index (κ3) is 2.37. The van der Waals surface area contributed by atoms with Crippen LogP contribution in [0.1, 0.15) is 17.7 Å². The Hall–Kier alpha value is -0.480. The van der Waals surface area contributed by atoms with Gasteiger partial charge in [-0.3, -0.25) is 4.99 Å². The van der Waals surface area contributed by atoms with Crippen LogP contribution >= 0.6 is 23.1 Å². The highest BCUT2D eigenvalue weighted by Crippen LogP contribution is 2.41. The van der Waals surface area contributed by atoms with Gasteiger partial charge < -0.3 is 5.32 Å². The number of hydrogen-bond acceptors (Lipinski definition) is 4. The first-order chi connectivity index (χ1) is 7.42. The van der Waals surface area contributed by atoms with Crippen molar-refractivity contribution in [3.05, 3.63) is 22.4 Å². The maximum atomic E-state index is 4.55. The number of thiophene rings is 1. The molecule has 2 heterocycles. The lowest BCUT2D eigenvalue weighted by Gasteiger charge is -2.06. The van der Waals surface area contributed by atoms with Gasteiger partial charge in [-0.2, -0.15) is 0 Å². The third-order valence-electron chi connectivity index (χ3n) is 2.82. The maximum Gasteiger partial charge on any atom is 0.157 e. The van der Waals surface area contributed by atoms with Crippen LogP contribution in [0.4, 0.5) is 0 Å². The maximum absolute atomic E-state index is 4.55. The van der Waals surface area contributed by atoms with Gasteiger partial charge in [0.15, 0.2) is 5.17 Å². The Balaban J connectivity index is 1.48. The minimum atomic E-state index is 0.774. The average molecular weight is 238 g/mol. The van der Waals surface area contributed by atoms with Gasteiger partial charge in [0, 0.05) is 10.1 Å². The molecular weight excluding hydrogens is 224 g/mol. The summed E-state index contributed by atoms with van der Waals surface area (Å²) in [7, 11) is 0. The van der Waals surface area contributed by atoms with Crippen molar-refractivity contribution in [2.45, 2.75) is 24.6 Å². The fraction of sp³-hybridized carbons (Fsp3) is 0.545. The number of aliphatic imine (C=N–C) groups is 1. The monoisotopic (exact) mass is 238 g/mol. The Kier molecular flexibility index (Phi) is 2.71. The predicted molar refractivity (Wildman–Crippen MR) is 67.6 cm³/mol. The van der Waals surface area contributed by atoms with Crippen LogP contribution in [0.2, 0.25) is 0 Å². The zero-order chi connectivity index (χ0) is 10.1. The molecule has 1 aliphatic heterocycles. The van der Waals surface area contributed by atoms with Gasteiger partial charge in [0.2, 0.25) is 0 Å². The molecule has 1 saturated carbocycles. The van der Waals surface area contributed by atoms with Gasteiger partial charge in [-0.15, -0.1) is 11.3 Å². The first kappa shape index (κ1) is 9.73. The van der Waals surface area contributed by atoms with E-state index in [1.54, 1.807) is 11.3 Å². The minimum Gasteiger partial charge on any atom is -0.360 e. The van der Waals surface area contributed by atoms with Crippen molar-refractivity contribution >= 4 is 28.3 Å². The van der Waals surface area contributed by atoms with Gasteiger partial charge in [0.25, 0.3) is 0 Å². The molecule has 0 spiro atoms. The van der Waals surface area contributed by atoms with E-state index in [-0.39, 0.29) is 0 Å². The molecule has 4 heteroatoms. The molecule has 1 N–H and O–H groups in total. The van der Waals surface area contributed by atoms with Crippen LogP contribution in [0.5, 0.6) is 0 Å². The van der Waals surface area contributed by atoms with Gasteiger partial charge in [0.05, 0.1) is 13.1 Å². The smallest absolute Gasteiger partial charge is 0.157 e. The third-order valence-corrected chi connectivity index (χ3v) is 5.03. The molecule has 2 nitrogen and oxygen atoms in total. The fourth-order valence-corrected chi connectivity index (χ4v) is 3.63. The highest BCUT2D eigenvalue weighted by molar-refractivity contribution is 8.14. The molecule has 1 atom stereocenters. The molecule has 2 aliphatic rings. The number of rotatable bonds is 3. The summed E-state index contributed by atoms with van der Waals surface area (Å²) < 4.78 is 0. The van der Waals surface area contributed by atoms with Crippen LogP contribution in [0.25, 0.3) is 0 Å². The predicted octanol–water partition coefficient (Wildman–Crippen LogP) is 2.72. The van der Waals surface area contributed by atoms with Crippen LogP contribution in [-0.4, -0.2) is 17.0 Å². The van der Waals surface area contributed by atoms with Gasteiger partial charge in [0.1, 0.15) is 0 Å². The first-order valence-electron chi connectivity index (χ1n) is 5.39. The summed E-state index contributed by atoms with van der Waals surface area (Å²) in [6.45, 7) is 1.96. The molecule has 1 aromatic rings. The quantitative estimate of drug-likeness (QED) is 0.875.